The molecular formula is C23H21ClN4O3. The largest absolute Gasteiger partial charge is 0.489 e. The summed E-state index contributed by atoms with van der Waals surface area (Å²) >= 11 is 6.49. The Labute approximate surface area is 185 Å². The Morgan fingerprint density at radius 3 is 2.81 bits per heavy atom. The Bertz CT molecular complexity index is 1130. The van der Waals surface area contributed by atoms with Crippen LogP contribution in [0, 0.1) is 11.3 Å². The molecule has 0 aliphatic carbocycles. The van der Waals surface area contributed by atoms with Gasteiger partial charge in [-0.2, -0.15) is 10.4 Å². The molecule has 0 saturated heterocycles. The number of aromatic nitrogens is 2. The SMILES string of the molecule is CCOC(=O)NC1CCCOc2c1nn(-c1ccccc1Cl)c2-c1ccc(C#N)cc1. The molecule has 0 saturated carbocycles. The fourth-order valence-corrected chi connectivity index (χ4v) is 3.81. The maximum Gasteiger partial charge on any atom is 0.407 e. The van der Waals surface area contributed by atoms with E-state index in [9.17, 15) is 4.79 Å². The van der Waals surface area contributed by atoms with Gasteiger partial charge in [0.05, 0.1) is 41.6 Å². The summed E-state index contributed by atoms with van der Waals surface area (Å²) in [4.78, 5) is 12.1. The van der Waals surface area contributed by atoms with Gasteiger partial charge in [-0.15, -0.1) is 0 Å². The highest BCUT2D eigenvalue weighted by Gasteiger charge is 2.31. The molecule has 2 heterocycles. The molecule has 2 aromatic carbocycles. The fourth-order valence-electron chi connectivity index (χ4n) is 3.60. The number of nitriles is 1. The third-order valence-electron chi connectivity index (χ3n) is 5.02. The smallest absolute Gasteiger partial charge is 0.407 e. The molecular weight excluding hydrogens is 416 g/mol. The van der Waals surface area contributed by atoms with Crippen LogP contribution < -0.4 is 10.1 Å². The van der Waals surface area contributed by atoms with Crippen molar-refractivity contribution in [2.24, 2.45) is 0 Å². The number of hydrogen-bond acceptors (Lipinski definition) is 5. The number of alkyl carbamates (subject to hydrolysis) is 1. The van der Waals surface area contributed by atoms with Gasteiger partial charge in [-0.25, -0.2) is 9.48 Å². The molecule has 0 bridgehead atoms. The fraction of sp³-hybridized carbons (Fsp3) is 0.261. The Morgan fingerprint density at radius 1 is 1.32 bits per heavy atom. The number of nitrogens with one attached hydrogen (secondary N) is 1. The van der Waals surface area contributed by atoms with Crippen molar-refractivity contribution in [1.82, 2.24) is 15.1 Å². The lowest BCUT2D eigenvalue weighted by Crippen LogP contribution is -2.29. The highest BCUT2D eigenvalue weighted by molar-refractivity contribution is 6.32. The molecule has 31 heavy (non-hydrogen) atoms. The zero-order valence-electron chi connectivity index (χ0n) is 17.0. The van der Waals surface area contributed by atoms with Crippen molar-refractivity contribution in [3.8, 4) is 28.8 Å². The highest BCUT2D eigenvalue weighted by atomic mass is 35.5. The van der Waals surface area contributed by atoms with Crippen LogP contribution in [-0.4, -0.2) is 29.1 Å². The van der Waals surface area contributed by atoms with Crippen LogP contribution in [0.4, 0.5) is 4.79 Å². The predicted octanol–water partition coefficient (Wildman–Crippen LogP) is 5.02. The summed E-state index contributed by atoms with van der Waals surface area (Å²) in [6, 6.07) is 16.4. The zero-order chi connectivity index (χ0) is 21.8. The minimum Gasteiger partial charge on any atom is -0.489 e. The standard InChI is InChI=1S/C23H21ClN4O3/c1-2-30-23(29)26-18-7-5-13-31-22-20(18)27-28(19-8-4-3-6-17(19)24)21(22)16-11-9-15(14-25)10-12-16/h3-4,6,8-12,18H,2,5,7,13H2,1H3,(H,26,29). The van der Waals surface area contributed by atoms with Crippen LogP contribution in [0.3, 0.4) is 0 Å². The summed E-state index contributed by atoms with van der Waals surface area (Å²) in [5.74, 6) is 0.587. The predicted molar refractivity (Wildman–Crippen MR) is 116 cm³/mol. The van der Waals surface area contributed by atoms with Gasteiger partial charge in [-0.05, 0) is 44.0 Å². The Hall–Kier alpha value is -3.50. The maximum absolute atomic E-state index is 12.1. The lowest BCUT2D eigenvalue weighted by atomic mass is 10.0. The van der Waals surface area contributed by atoms with Crippen LogP contribution >= 0.6 is 11.6 Å². The van der Waals surface area contributed by atoms with Gasteiger partial charge in [0.25, 0.3) is 0 Å². The average Bonchev–Trinajstić information content (AvgIpc) is 3.04. The van der Waals surface area contributed by atoms with Crippen molar-refractivity contribution >= 4 is 17.7 Å². The molecule has 1 aromatic heterocycles. The monoisotopic (exact) mass is 436 g/mol. The molecule has 7 nitrogen and oxygen atoms in total. The Kier molecular flexibility index (Phi) is 6.10. The quantitative estimate of drug-likeness (QED) is 0.619. The first-order valence-corrected chi connectivity index (χ1v) is 10.4. The molecule has 1 unspecified atom stereocenters. The van der Waals surface area contributed by atoms with Crippen molar-refractivity contribution in [1.29, 1.82) is 5.26 Å². The molecule has 8 heteroatoms. The first kappa shape index (κ1) is 20.8. The van der Waals surface area contributed by atoms with Crippen LogP contribution in [0.15, 0.2) is 48.5 Å². The topological polar surface area (TPSA) is 89.2 Å². The number of carbonyl (C=O) groups excluding carboxylic acids is 1. The van der Waals surface area contributed by atoms with Crippen LogP contribution in [0.2, 0.25) is 5.02 Å². The van der Waals surface area contributed by atoms with Crippen molar-refractivity contribution in [2.75, 3.05) is 13.2 Å². The molecule has 0 spiro atoms. The number of halogens is 1. The molecule has 1 amide bonds. The van der Waals surface area contributed by atoms with E-state index in [-0.39, 0.29) is 12.6 Å². The molecule has 1 N–H and O–H groups in total. The van der Waals surface area contributed by atoms with Crippen molar-refractivity contribution in [2.45, 2.75) is 25.8 Å². The van der Waals surface area contributed by atoms with Crippen molar-refractivity contribution in [3.05, 3.63) is 64.8 Å². The van der Waals surface area contributed by atoms with Crippen LogP contribution in [-0.2, 0) is 4.74 Å². The number of nitrogens with zero attached hydrogens (tertiary/aromatic N) is 3. The highest BCUT2D eigenvalue weighted by Crippen LogP contribution is 2.41. The van der Waals surface area contributed by atoms with E-state index in [1.165, 1.54) is 0 Å². The second kappa shape index (κ2) is 9.11. The lowest BCUT2D eigenvalue weighted by Gasteiger charge is -2.14. The van der Waals surface area contributed by atoms with Crippen LogP contribution in [0.5, 0.6) is 5.75 Å². The molecule has 0 radical (unpaired) electrons. The van der Waals surface area contributed by atoms with Crippen LogP contribution in [0.1, 0.15) is 37.1 Å². The zero-order valence-corrected chi connectivity index (χ0v) is 17.7. The van der Waals surface area contributed by atoms with E-state index in [0.29, 0.717) is 46.4 Å². The number of carbonyl (C=O) groups is 1. The third-order valence-corrected chi connectivity index (χ3v) is 5.34. The van der Waals surface area contributed by atoms with E-state index in [4.69, 9.17) is 31.4 Å². The van der Waals surface area contributed by atoms with E-state index in [2.05, 4.69) is 11.4 Å². The first-order chi connectivity index (χ1) is 15.1. The van der Waals surface area contributed by atoms with Gasteiger partial charge in [0.2, 0.25) is 0 Å². The number of ether oxygens (including phenoxy) is 2. The average molecular weight is 437 g/mol. The van der Waals surface area contributed by atoms with Crippen molar-refractivity contribution < 1.29 is 14.3 Å². The summed E-state index contributed by atoms with van der Waals surface area (Å²) in [7, 11) is 0. The van der Waals surface area contributed by atoms with E-state index in [1.807, 2.05) is 30.3 Å². The molecule has 1 aliphatic heterocycles. The van der Waals surface area contributed by atoms with Gasteiger partial charge in [0, 0.05) is 5.56 Å². The summed E-state index contributed by atoms with van der Waals surface area (Å²) < 4.78 is 12.9. The summed E-state index contributed by atoms with van der Waals surface area (Å²) in [6.07, 6.45) is 0.928. The normalized spacial score (nSPS) is 15.2. The summed E-state index contributed by atoms with van der Waals surface area (Å²) in [5, 5.41) is 17.4. The molecule has 0 fully saturated rings. The number of fused-ring (bicyclic) bond motifs is 1. The van der Waals surface area contributed by atoms with E-state index >= 15 is 0 Å². The molecule has 158 valence electrons. The Morgan fingerprint density at radius 2 is 2.10 bits per heavy atom. The number of benzene rings is 2. The van der Waals surface area contributed by atoms with E-state index in [1.54, 1.807) is 29.8 Å². The van der Waals surface area contributed by atoms with E-state index < -0.39 is 6.09 Å². The number of amides is 1. The van der Waals surface area contributed by atoms with Crippen LogP contribution in [0.25, 0.3) is 16.9 Å². The van der Waals surface area contributed by atoms with E-state index in [0.717, 1.165) is 12.0 Å². The number of rotatable bonds is 4. The molecule has 4 rings (SSSR count). The number of para-hydroxylation sites is 1. The van der Waals surface area contributed by atoms with Crippen molar-refractivity contribution in [3.63, 3.8) is 0 Å². The molecule has 1 aliphatic rings. The third kappa shape index (κ3) is 4.21. The number of hydrogen-bond donors (Lipinski definition) is 1. The molecule has 1 atom stereocenters. The lowest BCUT2D eigenvalue weighted by molar-refractivity contribution is 0.147. The minimum atomic E-state index is -0.493. The second-order valence-electron chi connectivity index (χ2n) is 7.02. The summed E-state index contributed by atoms with van der Waals surface area (Å²) in [6.45, 7) is 2.54. The van der Waals surface area contributed by atoms with Gasteiger partial charge in [0.15, 0.2) is 5.75 Å². The van der Waals surface area contributed by atoms with Gasteiger partial charge in [0.1, 0.15) is 11.4 Å². The van der Waals surface area contributed by atoms with Gasteiger partial charge < -0.3 is 14.8 Å². The van der Waals surface area contributed by atoms with Gasteiger partial charge >= 0.3 is 6.09 Å². The second-order valence-corrected chi connectivity index (χ2v) is 7.43. The first-order valence-electron chi connectivity index (χ1n) is 10.1. The molecule has 3 aromatic rings. The maximum atomic E-state index is 12.1. The minimum absolute atomic E-state index is 0.284. The van der Waals surface area contributed by atoms with Gasteiger partial charge in [-0.1, -0.05) is 35.9 Å². The summed E-state index contributed by atoms with van der Waals surface area (Å²) in [5.41, 5.74) is 3.40. The Balaban J connectivity index is 1.89. The van der Waals surface area contributed by atoms with Gasteiger partial charge in [-0.3, -0.25) is 0 Å².